The second kappa shape index (κ2) is 8.89. The summed E-state index contributed by atoms with van der Waals surface area (Å²) in [6, 6.07) is 29.7. The van der Waals surface area contributed by atoms with Crippen LogP contribution in [0.2, 0.25) is 0 Å². The second-order valence-corrected chi connectivity index (χ2v) is 7.63. The summed E-state index contributed by atoms with van der Waals surface area (Å²) in [7, 11) is 0. The minimum atomic E-state index is 0.459. The van der Waals surface area contributed by atoms with Gasteiger partial charge in [0.05, 0.1) is 5.75 Å². The van der Waals surface area contributed by atoms with Crippen molar-refractivity contribution in [1.29, 1.82) is 0 Å². The molecular weight excluding hydrogens is 406 g/mol. The van der Waals surface area contributed by atoms with E-state index in [1.54, 1.807) is 0 Å². The third-order valence-corrected chi connectivity index (χ3v) is 5.41. The Balaban J connectivity index is 1.41. The molecule has 0 unspecified atom stereocenters. The Labute approximate surface area is 183 Å². The van der Waals surface area contributed by atoms with Crippen LogP contribution in [0, 0.1) is 0 Å². The lowest BCUT2D eigenvalue weighted by Crippen LogP contribution is -1.99. The molecule has 5 rings (SSSR count). The molecule has 0 N–H and O–H groups in total. The van der Waals surface area contributed by atoms with Crippen molar-refractivity contribution in [3.63, 3.8) is 0 Å². The maximum atomic E-state index is 5.39. The van der Waals surface area contributed by atoms with Crippen molar-refractivity contribution in [1.82, 2.24) is 25.3 Å². The van der Waals surface area contributed by atoms with Crippen LogP contribution in [-0.4, -0.2) is 25.3 Å². The molecule has 0 atom stereocenters. The van der Waals surface area contributed by atoms with Gasteiger partial charge in [0, 0.05) is 16.7 Å². The summed E-state index contributed by atoms with van der Waals surface area (Å²) in [6.07, 6.45) is 0. The van der Waals surface area contributed by atoms with Gasteiger partial charge in [-0.15, -0.1) is 10.2 Å². The van der Waals surface area contributed by atoms with Crippen LogP contribution in [0.1, 0.15) is 5.89 Å². The summed E-state index contributed by atoms with van der Waals surface area (Å²) >= 11 is 1.41. The van der Waals surface area contributed by atoms with Gasteiger partial charge in [-0.3, -0.25) is 0 Å². The molecule has 0 saturated carbocycles. The number of hydrogen-bond donors (Lipinski definition) is 0. The lowest BCUT2D eigenvalue weighted by molar-refractivity contribution is 0.391. The topological polar surface area (TPSA) is 77.6 Å². The van der Waals surface area contributed by atoms with E-state index in [4.69, 9.17) is 9.51 Å². The quantitative estimate of drug-likeness (QED) is 0.331. The number of aromatic nitrogens is 5. The maximum absolute atomic E-state index is 5.39. The molecule has 0 aliphatic heterocycles. The Bertz CT molecular complexity index is 1280. The van der Waals surface area contributed by atoms with Crippen molar-refractivity contribution < 1.29 is 4.52 Å². The Hall–Kier alpha value is -3.84. The number of rotatable bonds is 6. The molecule has 31 heavy (non-hydrogen) atoms. The summed E-state index contributed by atoms with van der Waals surface area (Å²) in [5.74, 6) is 1.54. The first-order chi connectivity index (χ1) is 15.4. The predicted octanol–water partition coefficient (Wildman–Crippen LogP) is 5.55. The van der Waals surface area contributed by atoms with Gasteiger partial charge in [0.2, 0.25) is 16.9 Å². The SMILES string of the molecule is c1ccc(-c2noc(CSc3nnc(-c4ccccc4)c(-c4ccccc4)n3)n2)cc1. The molecule has 150 valence electrons. The highest BCUT2D eigenvalue weighted by Gasteiger charge is 2.15. The van der Waals surface area contributed by atoms with Crippen LogP contribution in [0.4, 0.5) is 0 Å². The van der Waals surface area contributed by atoms with E-state index < -0.39 is 0 Å². The standard InChI is InChI=1S/C24H17N5OS/c1-4-10-17(11-5-1)21-22(18-12-6-2-7-13-18)27-28-24(26-21)31-16-20-25-23(29-30-20)19-14-8-3-9-15-19/h1-15H,16H2. The molecule has 3 aromatic carbocycles. The largest absolute Gasteiger partial charge is 0.338 e. The maximum Gasteiger partial charge on any atom is 0.237 e. The van der Waals surface area contributed by atoms with Crippen molar-refractivity contribution in [2.24, 2.45) is 0 Å². The Morgan fingerprint density at radius 2 is 1.19 bits per heavy atom. The minimum absolute atomic E-state index is 0.459. The second-order valence-electron chi connectivity index (χ2n) is 6.69. The van der Waals surface area contributed by atoms with E-state index in [1.807, 2.05) is 91.0 Å². The van der Waals surface area contributed by atoms with E-state index in [0.29, 0.717) is 22.6 Å². The van der Waals surface area contributed by atoms with Gasteiger partial charge in [-0.2, -0.15) is 4.98 Å². The molecule has 0 aliphatic rings. The van der Waals surface area contributed by atoms with Crippen molar-refractivity contribution in [3.8, 4) is 33.9 Å². The van der Waals surface area contributed by atoms with E-state index in [-0.39, 0.29) is 0 Å². The van der Waals surface area contributed by atoms with Gasteiger partial charge in [-0.25, -0.2) is 4.98 Å². The summed E-state index contributed by atoms with van der Waals surface area (Å²) in [5, 5.41) is 13.4. The zero-order valence-corrected chi connectivity index (χ0v) is 17.2. The average molecular weight is 424 g/mol. The fraction of sp³-hybridized carbons (Fsp3) is 0.0417. The summed E-state index contributed by atoms with van der Waals surface area (Å²) < 4.78 is 5.39. The molecule has 0 spiro atoms. The van der Waals surface area contributed by atoms with Crippen molar-refractivity contribution in [3.05, 3.63) is 96.9 Å². The van der Waals surface area contributed by atoms with E-state index >= 15 is 0 Å². The molecule has 2 heterocycles. The first-order valence-corrected chi connectivity index (χ1v) is 10.7. The smallest absolute Gasteiger partial charge is 0.237 e. The molecule has 7 heteroatoms. The van der Waals surface area contributed by atoms with Crippen LogP contribution in [0.25, 0.3) is 33.9 Å². The van der Waals surface area contributed by atoms with Crippen molar-refractivity contribution in [2.45, 2.75) is 10.9 Å². The third kappa shape index (κ3) is 4.36. The molecule has 0 amide bonds. The molecule has 5 aromatic rings. The van der Waals surface area contributed by atoms with Crippen LogP contribution in [0.3, 0.4) is 0 Å². The predicted molar refractivity (Wildman–Crippen MR) is 120 cm³/mol. The van der Waals surface area contributed by atoms with Crippen molar-refractivity contribution >= 4 is 11.8 Å². The van der Waals surface area contributed by atoms with E-state index in [1.165, 1.54) is 11.8 Å². The summed E-state index contributed by atoms with van der Waals surface area (Å²) in [6.45, 7) is 0. The molecule has 0 bridgehead atoms. The summed E-state index contributed by atoms with van der Waals surface area (Å²) in [5.41, 5.74) is 4.42. The highest BCUT2D eigenvalue weighted by molar-refractivity contribution is 7.98. The average Bonchev–Trinajstić information content (AvgIpc) is 3.33. The first-order valence-electron chi connectivity index (χ1n) is 9.73. The van der Waals surface area contributed by atoms with Gasteiger partial charge in [-0.05, 0) is 0 Å². The highest BCUT2D eigenvalue weighted by Crippen LogP contribution is 2.30. The zero-order valence-electron chi connectivity index (χ0n) is 16.4. The molecular formula is C24H17N5OS. The van der Waals surface area contributed by atoms with Gasteiger partial charge in [0.15, 0.2) is 0 Å². The number of benzene rings is 3. The van der Waals surface area contributed by atoms with Gasteiger partial charge < -0.3 is 4.52 Å². The van der Waals surface area contributed by atoms with Gasteiger partial charge in [0.25, 0.3) is 0 Å². The highest BCUT2D eigenvalue weighted by atomic mass is 32.2. The van der Waals surface area contributed by atoms with Crippen LogP contribution in [0.5, 0.6) is 0 Å². The fourth-order valence-corrected chi connectivity index (χ4v) is 3.73. The third-order valence-electron chi connectivity index (χ3n) is 4.59. The zero-order chi connectivity index (χ0) is 20.9. The number of thioether (sulfide) groups is 1. The van der Waals surface area contributed by atoms with E-state index in [0.717, 1.165) is 28.1 Å². The molecule has 6 nitrogen and oxygen atoms in total. The monoisotopic (exact) mass is 423 g/mol. The number of nitrogens with zero attached hydrogens (tertiary/aromatic N) is 5. The lowest BCUT2D eigenvalue weighted by Gasteiger charge is -2.09. The molecule has 0 saturated heterocycles. The van der Waals surface area contributed by atoms with Crippen LogP contribution in [0.15, 0.2) is 101 Å². The van der Waals surface area contributed by atoms with Crippen LogP contribution >= 0.6 is 11.8 Å². The molecule has 0 fully saturated rings. The normalized spacial score (nSPS) is 10.8. The minimum Gasteiger partial charge on any atom is -0.338 e. The summed E-state index contributed by atoms with van der Waals surface area (Å²) in [4.78, 5) is 9.27. The van der Waals surface area contributed by atoms with Gasteiger partial charge in [-0.1, -0.05) is 108 Å². The fourth-order valence-electron chi connectivity index (χ4n) is 3.10. The lowest BCUT2D eigenvalue weighted by atomic mass is 10.0. The Kier molecular flexibility index (Phi) is 5.49. The van der Waals surface area contributed by atoms with Gasteiger partial charge >= 0.3 is 0 Å². The number of hydrogen-bond acceptors (Lipinski definition) is 7. The van der Waals surface area contributed by atoms with Crippen LogP contribution in [-0.2, 0) is 5.75 Å². The molecule has 0 radical (unpaired) electrons. The van der Waals surface area contributed by atoms with Crippen LogP contribution < -0.4 is 0 Å². The van der Waals surface area contributed by atoms with Gasteiger partial charge in [0.1, 0.15) is 11.4 Å². The molecule has 0 aliphatic carbocycles. The van der Waals surface area contributed by atoms with E-state index in [2.05, 4.69) is 20.3 Å². The molecule has 2 aromatic heterocycles. The Morgan fingerprint density at radius 3 is 1.84 bits per heavy atom. The Morgan fingerprint density at radius 1 is 0.613 bits per heavy atom. The van der Waals surface area contributed by atoms with Crippen molar-refractivity contribution in [2.75, 3.05) is 0 Å². The van der Waals surface area contributed by atoms with E-state index in [9.17, 15) is 0 Å². The first kappa shape index (κ1) is 19.1.